The molecule has 1 N–H and O–H groups in total. The molecule has 0 bridgehead atoms. The van der Waals surface area contributed by atoms with Crippen molar-refractivity contribution in [2.75, 3.05) is 32.8 Å². The van der Waals surface area contributed by atoms with Crippen LogP contribution in [-0.4, -0.2) is 60.4 Å². The van der Waals surface area contributed by atoms with Gasteiger partial charge in [-0.1, -0.05) is 48.5 Å². The summed E-state index contributed by atoms with van der Waals surface area (Å²) >= 11 is 0. The maximum Gasteiger partial charge on any atom is 0.260 e. The minimum Gasteiger partial charge on any atom is -0.484 e. The Morgan fingerprint density at radius 2 is 1.62 bits per heavy atom. The van der Waals surface area contributed by atoms with Gasteiger partial charge < -0.3 is 15.0 Å². The van der Waals surface area contributed by atoms with E-state index in [-0.39, 0.29) is 30.4 Å². The van der Waals surface area contributed by atoms with Gasteiger partial charge in [0.15, 0.2) is 6.61 Å². The summed E-state index contributed by atoms with van der Waals surface area (Å²) in [5.74, 6) is 0.794. The van der Waals surface area contributed by atoms with Crippen molar-refractivity contribution in [1.82, 2.24) is 15.1 Å². The summed E-state index contributed by atoms with van der Waals surface area (Å²) in [6.45, 7) is 5.37. The van der Waals surface area contributed by atoms with E-state index in [9.17, 15) is 9.59 Å². The molecule has 2 amide bonds. The Kier molecular flexibility index (Phi) is 7.43. The molecule has 2 unspecified atom stereocenters. The number of amides is 2. The van der Waals surface area contributed by atoms with Crippen LogP contribution in [0.4, 0.5) is 0 Å². The van der Waals surface area contributed by atoms with Gasteiger partial charge in [-0.3, -0.25) is 14.5 Å². The summed E-state index contributed by atoms with van der Waals surface area (Å²) in [5, 5.41) is 3.27. The van der Waals surface area contributed by atoms with Gasteiger partial charge in [-0.25, -0.2) is 0 Å². The first-order valence-electron chi connectivity index (χ1n) is 11.6. The third-order valence-corrected chi connectivity index (χ3v) is 6.72. The Morgan fingerprint density at radius 3 is 2.31 bits per heavy atom. The molecule has 2 aliphatic rings. The van der Waals surface area contributed by atoms with E-state index in [2.05, 4.69) is 41.4 Å². The number of para-hydroxylation sites is 1. The fraction of sp³-hybridized carbons (Fsp3) is 0.462. The van der Waals surface area contributed by atoms with Crippen molar-refractivity contribution in [2.45, 2.75) is 38.3 Å². The molecule has 0 radical (unpaired) electrons. The molecule has 6 heteroatoms. The average Bonchev–Trinajstić information content (AvgIpc) is 3.31. The van der Waals surface area contributed by atoms with Gasteiger partial charge in [0.25, 0.3) is 5.91 Å². The van der Waals surface area contributed by atoms with Gasteiger partial charge in [-0.15, -0.1) is 0 Å². The predicted octanol–water partition coefficient (Wildman–Crippen LogP) is 3.26. The molecule has 0 spiro atoms. The van der Waals surface area contributed by atoms with E-state index in [0.29, 0.717) is 37.7 Å². The van der Waals surface area contributed by atoms with Gasteiger partial charge in [-0.2, -0.15) is 0 Å². The molecule has 0 aromatic heterocycles. The Bertz CT molecular complexity index is 882. The number of nitrogens with zero attached hydrogens (tertiary/aromatic N) is 2. The molecule has 0 aliphatic carbocycles. The molecule has 2 aliphatic heterocycles. The predicted molar refractivity (Wildman–Crippen MR) is 124 cm³/mol. The first kappa shape index (κ1) is 22.3. The highest BCUT2D eigenvalue weighted by molar-refractivity contribution is 5.80. The molecule has 4 rings (SSSR count). The van der Waals surface area contributed by atoms with Crippen LogP contribution in [0.2, 0.25) is 0 Å². The molecular weight excluding hydrogens is 402 g/mol. The zero-order valence-corrected chi connectivity index (χ0v) is 18.8. The zero-order chi connectivity index (χ0) is 22.3. The van der Waals surface area contributed by atoms with Crippen LogP contribution in [0.5, 0.6) is 5.75 Å². The van der Waals surface area contributed by atoms with E-state index in [0.717, 1.165) is 19.5 Å². The van der Waals surface area contributed by atoms with Crippen molar-refractivity contribution in [3.8, 4) is 5.75 Å². The van der Waals surface area contributed by atoms with Gasteiger partial charge >= 0.3 is 0 Å². The SMILES string of the molecule is CC(c1ccccc1)N1CCC(NC(=O)C2CCN(C(=O)COc3ccccc3)CC2)C1. The first-order chi connectivity index (χ1) is 15.6. The minimum absolute atomic E-state index is 0.0188. The van der Waals surface area contributed by atoms with Gasteiger partial charge in [0.2, 0.25) is 5.91 Å². The van der Waals surface area contributed by atoms with Crippen molar-refractivity contribution < 1.29 is 14.3 Å². The van der Waals surface area contributed by atoms with E-state index >= 15 is 0 Å². The standard InChI is InChI=1S/C26H33N3O3/c1-20(21-8-4-2-5-9-21)29-17-14-23(18-29)27-26(31)22-12-15-28(16-13-22)25(30)19-32-24-10-6-3-7-11-24/h2-11,20,22-23H,12-19H2,1H3,(H,27,31). The summed E-state index contributed by atoms with van der Waals surface area (Å²) in [7, 11) is 0. The fourth-order valence-electron chi connectivity index (χ4n) is 4.66. The molecule has 2 aromatic rings. The van der Waals surface area contributed by atoms with Crippen molar-refractivity contribution in [3.63, 3.8) is 0 Å². The number of benzene rings is 2. The van der Waals surface area contributed by atoms with Crippen LogP contribution in [-0.2, 0) is 9.59 Å². The summed E-state index contributed by atoms with van der Waals surface area (Å²) in [6, 6.07) is 20.4. The van der Waals surface area contributed by atoms with Crippen molar-refractivity contribution >= 4 is 11.8 Å². The summed E-state index contributed by atoms with van der Waals surface area (Å²) in [4.78, 5) is 29.5. The number of piperidine rings is 1. The third kappa shape index (κ3) is 5.68. The summed E-state index contributed by atoms with van der Waals surface area (Å²) in [5.41, 5.74) is 1.31. The highest BCUT2D eigenvalue weighted by Gasteiger charge is 2.32. The topological polar surface area (TPSA) is 61.9 Å². The molecule has 32 heavy (non-hydrogen) atoms. The van der Waals surface area contributed by atoms with E-state index in [1.807, 2.05) is 41.3 Å². The quantitative estimate of drug-likeness (QED) is 0.725. The van der Waals surface area contributed by atoms with Gasteiger partial charge in [0.1, 0.15) is 5.75 Å². The van der Waals surface area contributed by atoms with E-state index in [1.54, 1.807) is 0 Å². The normalized spacial score (nSPS) is 20.7. The molecule has 0 saturated carbocycles. The highest BCUT2D eigenvalue weighted by atomic mass is 16.5. The van der Waals surface area contributed by atoms with E-state index in [1.165, 1.54) is 5.56 Å². The Balaban J connectivity index is 1.18. The lowest BCUT2D eigenvalue weighted by molar-refractivity contribution is -0.137. The second kappa shape index (κ2) is 10.6. The minimum atomic E-state index is -0.0194. The van der Waals surface area contributed by atoms with E-state index in [4.69, 9.17) is 4.74 Å². The molecular formula is C26H33N3O3. The summed E-state index contributed by atoms with van der Waals surface area (Å²) in [6.07, 6.45) is 2.40. The molecule has 2 atom stereocenters. The number of hydrogen-bond donors (Lipinski definition) is 1. The number of nitrogens with one attached hydrogen (secondary N) is 1. The molecule has 2 heterocycles. The highest BCUT2D eigenvalue weighted by Crippen LogP contribution is 2.25. The zero-order valence-electron chi connectivity index (χ0n) is 18.8. The van der Waals surface area contributed by atoms with Gasteiger partial charge in [0.05, 0.1) is 0 Å². The Labute approximate surface area is 190 Å². The van der Waals surface area contributed by atoms with Crippen LogP contribution in [0, 0.1) is 5.92 Å². The lowest BCUT2D eigenvalue weighted by Gasteiger charge is -2.32. The van der Waals surface area contributed by atoms with Gasteiger partial charge in [0, 0.05) is 44.2 Å². The van der Waals surface area contributed by atoms with Gasteiger partial charge in [-0.05, 0) is 43.9 Å². The maximum absolute atomic E-state index is 12.8. The molecule has 170 valence electrons. The van der Waals surface area contributed by atoms with Crippen LogP contribution >= 0.6 is 0 Å². The maximum atomic E-state index is 12.8. The number of rotatable bonds is 7. The number of ether oxygens (including phenoxy) is 1. The number of hydrogen-bond acceptors (Lipinski definition) is 4. The fourth-order valence-corrected chi connectivity index (χ4v) is 4.66. The number of carbonyl (C=O) groups excluding carboxylic acids is 2. The Morgan fingerprint density at radius 1 is 0.969 bits per heavy atom. The van der Waals surface area contributed by atoms with Crippen LogP contribution in [0.25, 0.3) is 0 Å². The Hall–Kier alpha value is -2.86. The lowest BCUT2D eigenvalue weighted by Crippen LogP contribution is -2.46. The molecule has 2 fully saturated rings. The van der Waals surface area contributed by atoms with Crippen LogP contribution < -0.4 is 10.1 Å². The van der Waals surface area contributed by atoms with Crippen molar-refractivity contribution in [3.05, 3.63) is 66.2 Å². The average molecular weight is 436 g/mol. The van der Waals surface area contributed by atoms with Crippen molar-refractivity contribution in [2.24, 2.45) is 5.92 Å². The van der Waals surface area contributed by atoms with E-state index < -0.39 is 0 Å². The lowest BCUT2D eigenvalue weighted by atomic mass is 9.95. The van der Waals surface area contributed by atoms with Crippen molar-refractivity contribution in [1.29, 1.82) is 0 Å². The third-order valence-electron chi connectivity index (χ3n) is 6.72. The second-order valence-electron chi connectivity index (χ2n) is 8.83. The van der Waals surface area contributed by atoms with Crippen LogP contribution in [0.1, 0.15) is 37.8 Å². The molecule has 2 saturated heterocycles. The second-order valence-corrected chi connectivity index (χ2v) is 8.83. The monoisotopic (exact) mass is 435 g/mol. The smallest absolute Gasteiger partial charge is 0.260 e. The van der Waals surface area contributed by atoms with Crippen LogP contribution in [0.3, 0.4) is 0 Å². The first-order valence-corrected chi connectivity index (χ1v) is 11.6. The molecule has 2 aromatic carbocycles. The number of carbonyl (C=O) groups is 2. The summed E-state index contributed by atoms with van der Waals surface area (Å²) < 4.78 is 5.57. The largest absolute Gasteiger partial charge is 0.484 e. The van der Waals surface area contributed by atoms with Crippen LogP contribution in [0.15, 0.2) is 60.7 Å². The number of likely N-dealkylation sites (tertiary alicyclic amines) is 2. The molecule has 6 nitrogen and oxygen atoms in total.